The molecule has 1 heterocycles. The SMILES string of the molecule is C#CCCCCNC(=O)c1cc(N)ncc1Br. The van der Waals surface area contributed by atoms with E-state index in [2.05, 4.69) is 32.2 Å². The van der Waals surface area contributed by atoms with Gasteiger partial charge in [-0.15, -0.1) is 12.3 Å². The molecule has 0 radical (unpaired) electrons. The summed E-state index contributed by atoms with van der Waals surface area (Å²) in [5, 5.41) is 2.81. The Hall–Kier alpha value is -1.54. The molecule has 0 aliphatic heterocycles. The van der Waals surface area contributed by atoms with E-state index in [4.69, 9.17) is 12.2 Å². The zero-order chi connectivity index (χ0) is 12.7. The lowest BCUT2D eigenvalue weighted by Gasteiger charge is -2.06. The van der Waals surface area contributed by atoms with Crippen molar-refractivity contribution >= 4 is 27.7 Å². The minimum Gasteiger partial charge on any atom is -0.384 e. The van der Waals surface area contributed by atoms with Crippen molar-refractivity contribution < 1.29 is 4.79 Å². The minimum absolute atomic E-state index is 0.160. The first-order valence-electron chi connectivity index (χ1n) is 5.28. The Labute approximate surface area is 109 Å². The molecule has 3 N–H and O–H groups in total. The molecule has 0 saturated heterocycles. The lowest BCUT2D eigenvalue weighted by atomic mass is 10.2. The van der Waals surface area contributed by atoms with Gasteiger partial charge in [0, 0.05) is 23.6 Å². The van der Waals surface area contributed by atoms with Gasteiger partial charge < -0.3 is 11.1 Å². The summed E-state index contributed by atoms with van der Waals surface area (Å²) in [6.45, 7) is 0.606. The Bertz CT molecular complexity index is 440. The molecule has 4 nitrogen and oxygen atoms in total. The Kier molecular flexibility index (Phi) is 5.50. The van der Waals surface area contributed by atoms with Gasteiger partial charge in [-0.2, -0.15) is 0 Å². The van der Waals surface area contributed by atoms with Gasteiger partial charge >= 0.3 is 0 Å². The number of carbonyl (C=O) groups excluding carboxylic acids is 1. The third-order valence-electron chi connectivity index (χ3n) is 2.15. The second kappa shape index (κ2) is 6.92. The van der Waals surface area contributed by atoms with E-state index >= 15 is 0 Å². The number of nitrogen functional groups attached to an aromatic ring is 1. The zero-order valence-electron chi connectivity index (χ0n) is 9.37. The van der Waals surface area contributed by atoms with Crippen LogP contribution in [0.1, 0.15) is 29.6 Å². The van der Waals surface area contributed by atoms with Crippen molar-refractivity contribution in [3.8, 4) is 12.3 Å². The van der Waals surface area contributed by atoms with Crippen molar-refractivity contribution in [2.45, 2.75) is 19.3 Å². The number of aromatic nitrogens is 1. The van der Waals surface area contributed by atoms with Crippen LogP contribution < -0.4 is 11.1 Å². The van der Waals surface area contributed by atoms with E-state index in [9.17, 15) is 4.79 Å². The van der Waals surface area contributed by atoms with Crippen LogP contribution in [0, 0.1) is 12.3 Å². The highest BCUT2D eigenvalue weighted by Crippen LogP contribution is 2.17. The summed E-state index contributed by atoms with van der Waals surface area (Å²) in [6.07, 6.45) is 9.17. The van der Waals surface area contributed by atoms with Crippen LogP contribution in [0.3, 0.4) is 0 Å². The van der Waals surface area contributed by atoms with Crippen LogP contribution in [0.2, 0.25) is 0 Å². The number of amides is 1. The molecule has 0 aromatic carbocycles. The lowest BCUT2D eigenvalue weighted by Crippen LogP contribution is -2.25. The first-order valence-corrected chi connectivity index (χ1v) is 6.07. The number of anilines is 1. The molecule has 0 bridgehead atoms. The van der Waals surface area contributed by atoms with Crippen LogP contribution in [0.15, 0.2) is 16.7 Å². The predicted octanol–water partition coefficient (Wildman–Crippen LogP) is 1.96. The molecule has 1 amide bonds. The average Bonchev–Trinajstić information content (AvgIpc) is 2.32. The molecule has 0 saturated carbocycles. The van der Waals surface area contributed by atoms with Crippen molar-refractivity contribution in [1.82, 2.24) is 10.3 Å². The monoisotopic (exact) mass is 295 g/mol. The van der Waals surface area contributed by atoms with Gasteiger partial charge in [0.15, 0.2) is 0 Å². The highest BCUT2D eigenvalue weighted by atomic mass is 79.9. The summed E-state index contributed by atoms with van der Waals surface area (Å²) in [4.78, 5) is 15.7. The van der Waals surface area contributed by atoms with Crippen LogP contribution in [-0.4, -0.2) is 17.4 Å². The number of unbranched alkanes of at least 4 members (excludes halogenated alkanes) is 2. The van der Waals surface area contributed by atoms with E-state index in [1.54, 1.807) is 6.07 Å². The molecule has 1 aromatic rings. The Morgan fingerprint density at radius 3 is 3.06 bits per heavy atom. The number of pyridine rings is 1. The van der Waals surface area contributed by atoms with Gasteiger partial charge in [-0.1, -0.05) is 0 Å². The lowest BCUT2D eigenvalue weighted by molar-refractivity contribution is 0.0952. The highest BCUT2D eigenvalue weighted by Gasteiger charge is 2.10. The summed E-state index contributed by atoms with van der Waals surface area (Å²) in [6, 6.07) is 1.54. The predicted molar refractivity (Wildman–Crippen MR) is 71.4 cm³/mol. The average molecular weight is 296 g/mol. The molecular weight excluding hydrogens is 282 g/mol. The number of nitrogens with two attached hydrogens (primary N) is 1. The van der Waals surface area contributed by atoms with Crippen LogP contribution >= 0.6 is 15.9 Å². The fraction of sp³-hybridized carbons (Fsp3) is 0.333. The number of rotatable bonds is 5. The van der Waals surface area contributed by atoms with E-state index in [0.29, 0.717) is 22.4 Å². The van der Waals surface area contributed by atoms with Crippen LogP contribution in [0.5, 0.6) is 0 Å². The molecule has 1 rings (SSSR count). The van der Waals surface area contributed by atoms with Crippen LogP contribution in [0.25, 0.3) is 0 Å². The number of hydrogen-bond acceptors (Lipinski definition) is 3. The Morgan fingerprint density at radius 1 is 1.59 bits per heavy atom. The van der Waals surface area contributed by atoms with Gasteiger partial charge in [-0.05, 0) is 34.8 Å². The standard InChI is InChI=1S/C12H14BrN3O/c1-2-3-4-5-6-15-12(17)9-7-11(14)16-8-10(9)13/h1,7-8H,3-6H2,(H2,14,16)(H,15,17). The maximum Gasteiger partial charge on any atom is 0.252 e. The Balaban J connectivity index is 2.47. The first-order chi connectivity index (χ1) is 8.15. The molecule has 0 spiro atoms. The normalized spacial score (nSPS) is 9.65. The van der Waals surface area contributed by atoms with E-state index in [1.807, 2.05) is 0 Å². The van der Waals surface area contributed by atoms with Crippen molar-refractivity contribution in [3.05, 3.63) is 22.3 Å². The summed E-state index contributed by atoms with van der Waals surface area (Å²) in [5.41, 5.74) is 6.02. The third kappa shape index (κ3) is 4.45. The Morgan fingerprint density at radius 2 is 2.35 bits per heavy atom. The second-order valence-corrected chi connectivity index (χ2v) is 4.36. The maximum absolute atomic E-state index is 11.8. The third-order valence-corrected chi connectivity index (χ3v) is 2.79. The summed E-state index contributed by atoms with van der Waals surface area (Å²) < 4.78 is 0.632. The molecule has 5 heteroatoms. The van der Waals surface area contributed by atoms with Gasteiger partial charge in [-0.3, -0.25) is 4.79 Å². The quantitative estimate of drug-likeness (QED) is 0.644. The minimum atomic E-state index is -0.160. The molecule has 90 valence electrons. The maximum atomic E-state index is 11.8. The van der Waals surface area contributed by atoms with E-state index in [-0.39, 0.29) is 5.91 Å². The number of nitrogens with zero attached hydrogens (tertiary/aromatic N) is 1. The van der Waals surface area contributed by atoms with E-state index < -0.39 is 0 Å². The van der Waals surface area contributed by atoms with Crippen LogP contribution in [0.4, 0.5) is 5.82 Å². The van der Waals surface area contributed by atoms with Crippen molar-refractivity contribution in [1.29, 1.82) is 0 Å². The van der Waals surface area contributed by atoms with Crippen molar-refractivity contribution in [2.24, 2.45) is 0 Å². The number of terminal acetylenes is 1. The number of nitrogens with one attached hydrogen (secondary N) is 1. The number of hydrogen-bond donors (Lipinski definition) is 2. The van der Waals surface area contributed by atoms with Gasteiger partial charge in [0.2, 0.25) is 0 Å². The van der Waals surface area contributed by atoms with Gasteiger partial charge in [0.05, 0.1) is 5.56 Å². The molecule has 0 fully saturated rings. The van der Waals surface area contributed by atoms with Crippen LogP contribution in [-0.2, 0) is 0 Å². The second-order valence-electron chi connectivity index (χ2n) is 3.51. The van der Waals surface area contributed by atoms with Crippen molar-refractivity contribution in [2.75, 3.05) is 12.3 Å². The molecule has 0 aliphatic carbocycles. The molecule has 17 heavy (non-hydrogen) atoms. The van der Waals surface area contributed by atoms with Gasteiger partial charge in [0.25, 0.3) is 5.91 Å². The van der Waals surface area contributed by atoms with Gasteiger partial charge in [-0.25, -0.2) is 4.98 Å². The molecular formula is C12H14BrN3O. The largest absolute Gasteiger partial charge is 0.384 e. The highest BCUT2D eigenvalue weighted by molar-refractivity contribution is 9.10. The molecule has 0 atom stereocenters. The van der Waals surface area contributed by atoms with Gasteiger partial charge in [0.1, 0.15) is 5.82 Å². The number of halogens is 1. The van der Waals surface area contributed by atoms with Crippen molar-refractivity contribution in [3.63, 3.8) is 0 Å². The fourth-order valence-electron chi connectivity index (χ4n) is 1.28. The fourth-order valence-corrected chi connectivity index (χ4v) is 1.67. The first kappa shape index (κ1) is 13.5. The molecule has 1 aromatic heterocycles. The molecule has 0 aliphatic rings. The zero-order valence-corrected chi connectivity index (χ0v) is 11.0. The summed E-state index contributed by atoms with van der Waals surface area (Å²) in [7, 11) is 0. The topological polar surface area (TPSA) is 68.0 Å². The summed E-state index contributed by atoms with van der Waals surface area (Å²) in [5.74, 6) is 2.72. The summed E-state index contributed by atoms with van der Waals surface area (Å²) >= 11 is 3.26. The number of carbonyl (C=O) groups is 1. The van der Waals surface area contributed by atoms with E-state index in [1.165, 1.54) is 6.20 Å². The van der Waals surface area contributed by atoms with E-state index in [0.717, 1.165) is 19.3 Å². The molecule has 0 unspecified atom stereocenters. The smallest absolute Gasteiger partial charge is 0.252 e.